The molecular weight excluding hydrogens is 493 g/mol. The van der Waals surface area contributed by atoms with Gasteiger partial charge in [-0.05, 0) is 48.9 Å². The van der Waals surface area contributed by atoms with Crippen LogP contribution in [0.4, 0.5) is 18.9 Å². The van der Waals surface area contributed by atoms with Crippen molar-refractivity contribution in [2.24, 2.45) is 0 Å². The van der Waals surface area contributed by atoms with Crippen molar-refractivity contribution in [1.82, 2.24) is 4.72 Å². The number of hydrogen-bond acceptors (Lipinski definition) is 4. The van der Waals surface area contributed by atoms with Crippen molar-refractivity contribution in [2.45, 2.75) is 24.0 Å². The summed E-state index contributed by atoms with van der Waals surface area (Å²) >= 11 is 6.13. The molecule has 0 saturated carbocycles. The van der Waals surface area contributed by atoms with E-state index in [0.717, 1.165) is 17.7 Å². The number of benzene rings is 3. The van der Waals surface area contributed by atoms with Crippen molar-refractivity contribution < 1.29 is 31.1 Å². The predicted octanol–water partition coefficient (Wildman–Crippen LogP) is 5.42. The van der Waals surface area contributed by atoms with E-state index in [9.17, 15) is 26.4 Å². The van der Waals surface area contributed by atoms with Crippen molar-refractivity contribution in [2.75, 3.05) is 11.9 Å². The second-order valence-corrected chi connectivity index (χ2v) is 9.38. The smallest absolute Gasteiger partial charge is 0.416 e. The number of sulfonamides is 1. The van der Waals surface area contributed by atoms with Gasteiger partial charge in [0.2, 0.25) is 10.0 Å². The number of anilines is 1. The van der Waals surface area contributed by atoms with Crippen LogP contribution in [0.15, 0.2) is 77.7 Å². The molecule has 0 aromatic heterocycles. The van der Waals surface area contributed by atoms with Crippen LogP contribution in [0.2, 0.25) is 5.02 Å². The Bertz CT molecular complexity index is 1270. The van der Waals surface area contributed by atoms with E-state index in [1.54, 1.807) is 31.2 Å². The SMILES string of the molecule is C[C@@H](NS(=O)(=O)c1ccc(OCC(=O)Nc2cccc(C(F)(F)F)c2)c(Cl)c1)c1ccccc1. The minimum Gasteiger partial charge on any atom is -0.482 e. The summed E-state index contributed by atoms with van der Waals surface area (Å²) in [6.45, 7) is 1.15. The summed E-state index contributed by atoms with van der Waals surface area (Å²) in [4.78, 5) is 12.0. The van der Waals surface area contributed by atoms with Crippen molar-refractivity contribution in [1.29, 1.82) is 0 Å². The third-order valence-electron chi connectivity index (χ3n) is 4.68. The van der Waals surface area contributed by atoms with Crippen LogP contribution in [0.3, 0.4) is 0 Å². The molecular formula is C23H20ClF3N2O4S. The van der Waals surface area contributed by atoms with E-state index in [-0.39, 0.29) is 21.4 Å². The van der Waals surface area contributed by atoms with Crippen LogP contribution in [-0.4, -0.2) is 20.9 Å². The van der Waals surface area contributed by atoms with Crippen LogP contribution in [0, 0.1) is 0 Å². The Labute approximate surface area is 199 Å². The van der Waals surface area contributed by atoms with E-state index in [1.165, 1.54) is 30.3 Å². The maximum absolute atomic E-state index is 12.8. The molecule has 3 aromatic carbocycles. The van der Waals surface area contributed by atoms with Gasteiger partial charge in [0.25, 0.3) is 5.91 Å². The zero-order valence-corrected chi connectivity index (χ0v) is 19.3. The van der Waals surface area contributed by atoms with Gasteiger partial charge in [0.1, 0.15) is 5.75 Å². The Morgan fingerprint density at radius 1 is 1.03 bits per heavy atom. The fourth-order valence-corrected chi connectivity index (χ4v) is 4.55. The molecule has 0 unspecified atom stereocenters. The topological polar surface area (TPSA) is 84.5 Å². The van der Waals surface area contributed by atoms with E-state index in [2.05, 4.69) is 10.0 Å². The maximum atomic E-state index is 12.8. The van der Waals surface area contributed by atoms with E-state index < -0.39 is 40.3 Å². The van der Waals surface area contributed by atoms with E-state index >= 15 is 0 Å². The van der Waals surface area contributed by atoms with Crippen LogP contribution < -0.4 is 14.8 Å². The standard InChI is InChI=1S/C23H20ClF3N2O4S/c1-15(16-6-3-2-4-7-16)29-34(31,32)19-10-11-21(20(24)13-19)33-14-22(30)28-18-9-5-8-17(12-18)23(25,26)27/h2-13,15,29H,14H2,1H3,(H,28,30)/t15-/m1/s1. The van der Waals surface area contributed by atoms with Crippen LogP contribution in [0.5, 0.6) is 5.75 Å². The Morgan fingerprint density at radius 3 is 2.38 bits per heavy atom. The molecule has 34 heavy (non-hydrogen) atoms. The molecule has 1 atom stereocenters. The van der Waals surface area contributed by atoms with E-state index in [0.29, 0.717) is 0 Å². The van der Waals surface area contributed by atoms with Gasteiger partial charge in [-0.3, -0.25) is 4.79 Å². The number of alkyl halides is 3. The van der Waals surface area contributed by atoms with Crippen molar-refractivity contribution >= 4 is 33.2 Å². The Kier molecular flexibility index (Phi) is 7.86. The summed E-state index contributed by atoms with van der Waals surface area (Å²) < 4.78 is 71.6. The molecule has 0 aliphatic carbocycles. The summed E-state index contributed by atoms with van der Waals surface area (Å²) in [5.41, 5.74) is -0.167. The number of rotatable bonds is 8. The Balaban J connectivity index is 1.62. The summed E-state index contributed by atoms with van der Waals surface area (Å²) in [6.07, 6.45) is -4.54. The number of carbonyl (C=O) groups excluding carboxylic acids is 1. The van der Waals surface area contributed by atoms with E-state index in [1.807, 2.05) is 6.07 Å². The van der Waals surface area contributed by atoms with Crippen molar-refractivity contribution in [3.63, 3.8) is 0 Å². The second kappa shape index (κ2) is 10.5. The van der Waals surface area contributed by atoms with E-state index in [4.69, 9.17) is 16.3 Å². The number of halogens is 4. The van der Waals surface area contributed by atoms with Crippen molar-refractivity contribution in [3.8, 4) is 5.75 Å². The first-order valence-electron chi connectivity index (χ1n) is 9.92. The van der Waals surface area contributed by atoms with Gasteiger partial charge in [-0.15, -0.1) is 0 Å². The third kappa shape index (κ3) is 6.72. The third-order valence-corrected chi connectivity index (χ3v) is 6.51. The lowest BCUT2D eigenvalue weighted by Gasteiger charge is -2.15. The Hall–Kier alpha value is -3.08. The average Bonchev–Trinajstić information content (AvgIpc) is 2.78. The lowest BCUT2D eigenvalue weighted by atomic mass is 10.1. The quantitative estimate of drug-likeness (QED) is 0.422. The molecule has 1 amide bonds. The molecule has 0 aliphatic heterocycles. The molecule has 3 rings (SSSR count). The van der Waals surface area contributed by atoms with Crippen LogP contribution >= 0.6 is 11.6 Å². The number of carbonyl (C=O) groups is 1. The van der Waals surface area contributed by atoms with Crippen molar-refractivity contribution in [3.05, 3.63) is 88.9 Å². The highest BCUT2D eigenvalue weighted by Crippen LogP contribution is 2.31. The molecule has 180 valence electrons. The molecule has 0 heterocycles. The highest BCUT2D eigenvalue weighted by molar-refractivity contribution is 7.89. The number of amides is 1. The molecule has 6 nitrogen and oxygen atoms in total. The number of hydrogen-bond donors (Lipinski definition) is 2. The minimum atomic E-state index is -4.54. The van der Waals surface area contributed by atoms with Crippen LogP contribution in [0.1, 0.15) is 24.1 Å². The first kappa shape index (κ1) is 25.5. The van der Waals surface area contributed by atoms with Gasteiger partial charge in [-0.2, -0.15) is 13.2 Å². The summed E-state index contributed by atoms with van der Waals surface area (Å²) in [6, 6.07) is 16.4. The highest BCUT2D eigenvalue weighted by Gasteiger charge is 2.30. The first-order chi connectivity index (χ1) is 16.0. The van der Waals surface area contributed by atoms with Gasteiger partial charge in [0, 0.05) is 11.7 Å². The number of ether oxygens (including phenoxy) is 1. The predicted molar refractivity (Wildman–Crippen MR) is 122 cm³/mol. The maximum Gasteiger partial charge on any atom is 0.416 e. The highest BCUT2D eigenvalue weighted by atomic mass is 35.5. The summed E-state index contributed by atoms with van der Waals surface area (Å²) in [5, 5.41) is 2.25. The van der Waals surface area contributed by atoms with Gasteiger partial charge in [0.05, 0.1) is 15.5 Å². The summed E-state index contributed by atoms with van der Waals surface area (Å²) in [5.74, 6) is -0.679. The average molecular weight is 513 g/mol. The minimum absolute atomic E-state index is 0.0379. The molecule has 0 bridgehead atoms. The fraction of sp³-hybridized carbons (Fsp3) is 0.174. The van der Waals surface area contributed by atoms with Crippen LogP contribution in [0.25, 0.3) is 0 Å². The largest absolute Gasteiger partial charge is 0.482 e. The van der Waals surface area contributed by atoms with Gasteiger partial charge < -0.3 is 10.1 Å². The summed E-state index contributed by atoms with van der Waals surface area (Å²) in [7, 11) is -3.90. The molecule has 0 fully saturated rings. The number of nitrogens with one attached hydrogen (secondary N) is 2. The van der Waals surface area contributed by atoms with Crippen LogP contribution in [-0.2, 0) is 21.0 Å². The first-order valence-corrected chi connectivity index (χ1v) is 11.8. The van der Waals surface area contributed by atoms with Gasteiger partial charge >= 0.3 is 6.18 Å². The zero-order chi connectivity index (χ0) is 24.9. The lowest BCUT2D eigenvalue weighted by Crippen LogP contribution is -2.27. The lowest BCUT2D eigenvalue weighted by molar-refractivity contribution is -0.137. The molecule has 0 radical (unpaired) electrons. The molecule has 3 aromatic rings. The molecule has 0 saturated heterocycles. The fourth-order valence-electron chi connectivity index (χ4n) is 2.99. The normalized spacial score (nSPS) is 12.7. The van der Waals surface area contributed by atoms with Gasteiger partial charge in [-0.1, -0.05) is 48.0 Å². The molecule has 0 aliphatic rings. The molecule has 2 N–H and O–H groups in total. The zero-order valence-electron chi connectivity index (χ0n) is 17.8. The monoisotopic (exact) mass is 512 g/mol. The van der Waals surface area contributed by atoms with Gasteiger partial charge in [-0.25, -0.2) is 13.1 Å². The molecule has 0 spiro atoms. The Morgan fingerprint density at radius 2 is 1.74 bits per heavy atom. The molecule has 11 heteroatoms. The second-order valence-electron chi connectivity index (χ2n) is 7.26. The van der Waals surface area contributed by atoms with Gasteiger partial charge in [0.15, 0.2) is 6.61 Å².